The van der Waals surface area contributed by atoms with Crippen LogP contribution in [0.1, 0.15) is 12.5 Å². The highest BCUT2D eigenvalue weighted by molar-refractivity contribution is 8.00. The Balaban J connectivity index is 2.07. The summed E-state index contributed by atoms with van der Waals surface area (Å²) in [5.74, 6) is 1.84. The smallest absolute Gasteiger partial charge is 0.0474 e. The minimum absolute atomic E-state index is 0.604. The average Bonchev–Trinajstić information content (AvgIpc) is 2.29. The molecule has 15 heavy (non-hydrogen) atoms. The van der Waals surface area contributed by atoms with Crippen molar-refractivity contribution in [1.82, 2.24) is 0 Å². The first-order valence-corrected chi connectivity index (χ1v) is 6.89. The Hall–Kier alpha value is -0.340. The van der Waals surface area contributed by atoms with Crippen molar-refractivity contribution in [3.8, 4) is 0 Å². The zero-order chi connectivity index (χ0) is 10.7. The van der Waals surface area contributed by atoms with Crippen LogP contribution in [0.25, 0.3) is 0 Å². The molecule has 0 aliphatic carbocycles. The average molecular weight is 242 g/mol. The number of benzene rings is 1. The molecule has 82 valence electrons. The number of alkyl halides is 1. The van der Waals surface area contributed by atoms with E-state index in [1.54, 1.807) is 0 Å². The number of anilines is 1. The molecule has 1 saturated heterocycles. The molecule has 1 aromatic rings. The second kappa shape index (κ2) is 5.13. The van der Waals surface area contributed by atoms with E-state index in [0.29, 0.717) is 5.88 Å². The molecule has 2 rings (SSSR count). The standard InChI is InChI=1S/C12H16ClNS/c1-10-9-14(6-7-15-10)12-4-2-11(8-13)3-5-12/h2-5,10H,6-9H2,1H3. The van der Waals surface area contributed by atoms with Crippen molar-refractivity contribution in [2.75, 3.05) is 23.7 Å². The summed E-state index contributed by atoms with van der Waals surface area (Å²) < 4.78 is 0. The van der Waals surface area contributed by atoms with E-state index < -0.39 is 0 Å². The van der Waals surface area contributed by atoms with Gasteiger partial charge in [0.15, 0.2) is 0 Å². The van der Waals surface area contributed by atoms with Gasteiger partial charge in [-0.25, -0.2) is 0 Å². The highest BCUT2D eigenvalue weighted by Gasteiger charge is 2.16. The molecule has 0 radical (unpaired) electrons. The fourth-order valence-corrected chi connectivity index (χ4v) is 3.04. The fraction of sp³-hybridized carbons (Fsp3) is 0.500. The summed E-state index contributed by atoms with van der Waals surface area (Å²) in [6.07, 6.45) is 0. The summed E-state index contributed by atoms with van der Waals surface area (Å²) in [6, 6.07) is 8.60. The molecule has 3 heteroatoms. The van der Waals surface area contributed by atoms with E-state index in [2.05, 4.69) is 47.9 Å². The van der Waals surface area contributed by atoms with Crippen LogP contribution < -0.4 is 4.90 Å². The molecule has 0 spiro atoms. The molecule has 1 heterocycles. The van der Waals surface area contributed by atoms with Crippen LogP contribution in [0.2, 0.25) is 0 Å². The molecule has 1 aliphatic rings. The number of rotatable bonds is 2. The first kappa shape index (κ1) is 11.2. The van der Waals surface area contributed by atoms with Gasteiger partial charge in [-0.15, -0.1) is 11.6 Å². The molecule has 1 unspecified atom stereocenters. The quantitative estimate of drug-likeness (QED) is 0.731. The van der Waals surface area contributed by atoms with Crippen molar-refractivity contribution >= 4 is 29.1 Å². The number of hydrogen-bond donors (Lipinski definition) is 0. The molecule has 1 fully saturated rings. The second-order valence-electron chi connectivity index (χ2n) is 3.93. The van der Waals surface area contributed by atoms with Gasteiger partial charge < -0.3 is 4.90 Å². The SMILES string of the molecule is CC1CN(c2ccc(CCl)cc2)CCS1. The largest absolute Gasteiger partial charge is 0.370 e. The Labute approximate surface area is 101 Å². The second-order valence-corrected chi connectivity index (χ2v) is 5.74. The third-order valence-corrected chi connectivity index (χ3v) is 4.14. The van der Waals surface area contributed by atoms with Crippen molar-refractivity contribution in [3.63, 3.8) is 0 Å². The Morgan fingerprint density at radius 3 is 2.73 bits per heavy atom. The van der Waals surface area contributed by atoms with E-state index in [0.717, 1.165) is 18.3 Å². The van der Waals surface area contributed by atoms with Crippen LogP contribution in [0.3, 0.4) is 0 Å². The van der Waals surface area contributed by atoms with Crippen molar-refractivity contribution < 1.29 is 0 Å². The zero-order valence-electron chi connectivity index (χ0n) is 8.95. The maximum Gasteiger partial charge on any atom is 0.0474 e. The monoisotopic (exact) mass is 241 g/mol. The maximum atomic E-state index is 5.77. The summed E-state index contributed by atoms with van der Waals surface area (Å²) >= 11 is 7.83. The summed E-state index contributed by atoms with van der Waals surface area (Å²) in [6.45, 7) is 4.62. The summed E-state index contributed by atoms with van der Waals surface area (Å²) in [5, 5.41) is 0.742. The molecule has 1 atom stereocenters. The third-order valence-electron chi connectivity index (χ3n) is 2.70. The maximum absolute atomic E-state index is 5.77. The van der Waals surface area contributed by atoms with Crippen LogP contribution in [-0.4, -0.2) is 24.1 Å². The lowest BCUT2D eigenvalue weighted by Gasteiger charge is -2.32. The summed E-state index contributed by atoms with van der Waals surface area (Å²) in [5.41, 5.74) is 2.52. The number of nitrogens with zero attached hydrogens (tertiary/aromatic N) is 1. The van der Waals surface area contributed by atoms with Crippen LogP contribution in [0, 0.1) is 0 Å². The first-order valence-electron chi connectivity index (χ1n) is 5.31. The molecule has 0 amide bonds. The predicted molar refractivity (Wildman–Crippen MR) is 70.1 cm³/mol. The molecule has 0 saturated carbocycles. The van der Waals surface area contributed by atoms with Gasteiger partial charge in [-0.2, -0.15) is 11.8 Å². The Kier molecular flexibility index (Phi) is 3.81. The van der Waals surface area contributed by atoms with Crippen LogP contribution in [0.5, 0.6) is 0 Å². The lowest BCUT2D eigenvalue weighted by molar-refractivity contribution is 0.783. The minimum atomic E-state index is 0.604. The van der Waals surface area contributed by atoms with Crippen molar-refractivity contribution in [2.24, 2.45) is 0 Å². The molecule has 1 aromatic carbocycles. The van der Waals surface area contributed by atoms with Gasteiger partial charge in [0.25, 0.3) is 0 Å². The Bertz CT molecular complexity index is 312. The first-order chi connectivity index (χ1) is 7.29. The van der Waals surface area contributed by atoms with E-state index in [1.807, 2.05) is 0 Å². The highest BCUT2D eigenvalue weighted by atomic mass is 35.5. The Morgan fingerprint density at radius 1 is 1.40 bits per heavy atom. The van der Waals surface area contributed by atoms with Gasteiger partial charge in [0.1, 0.15) is 0 Å². The van der Waals surface area contributed by atoms with Gasteiger partial charge in [-0.05, 0) is 17.7 Å². The Morgan fingerprint density at radius 2 is 2.13 bits per heavy atom. The van der Waals surface area contributed by atoms with Crippen molar-refractivity contribution in [3.05, 3.63) is 29.8 Å². The van der Waals surface area contributed by atoms with Gasteiger partial charge in [-0.1, -0.05) is 19.1 Å². The molecule has 0 aromatic heterocycles. The zero-order valence-corrected chi connectivity index (χ0v) is 10.5. The van der Waals surface area contributed by atoms with E-state index in [-0.39, 0.29) is 0 Å². The minimum Gasteiger partial charge on any atom is -0.370 e. The van der Waals surface area contributed by atoms with Crippen LogP contribution in [-0.2, 0) is 5.88 Å². The van der Waals surface area contributed by atoms with Crippen molar-refractivity contribution in [2.45, 2.75) is 18.1 Å². The van der Waals surface area contributed by atoms with Gasteiger partial charge >= 0.3 is 0 Å². The lowest BCUT2D eigenvalue weighted by Crippen LogP contribution is -2.36. The van der Waals surface area contributed by atoms with Gasteiger partial charge in [0.05, 0.1) is 0 Å². The van der Waals surface area contributed by atoms with Crippen LogP contribution in [0.4, 0.5) is 5.69 Å². The topological polar surface area (TPSA) is 3.24 Å². The lowest BCUT2D eigenvalue weighted by atomic mass is 10.2. The molecule has 0 bridgehead atoms. The number of thioether (sulfide) groups is 1. The number of halogens is 1. The predicted octanol–water partition coefficient (Wildman–Crippen LogP) is 3.37. The fourth-order valence-electron chi connectivity index (χ4n) is 1.85. The molecule has 1 nitrogen and oxygen atoms in total. The molecular weight excluding hydrogens is 226 g/mol. The molecule has 1 aliphatic heterocycles. The number of hydrogen-bond acceptors (Lipinski definition) is 2. The molecular formula is C12H16ClNS. The van der Waals surface area contributed by atoms with Crippen LogP contribution >= 0.6 is 23.4 Å². The van der Waals surface area contributed by atoms with Gasteiger partial charge in [0, 0.05) is 35.7 Å². The van der Waals surface area contributed by atoms with Crippen molar-refractivity contribution in [1.29, 1.82) is 0 Å². The summed E-state index contributed by atoms with van der Waals surface area (Å²) in [7, 11) is 0. The van der Waals surface area contributed by atoms with E-state index >= 15 is 0 Å². The van der Waals surface area contributed by atoms with Gasteiger partial charge in [0.2, 0.25) is 0 Å². The highest BCUT2D eigenvalue weighted by Crippen LogP contribution is 2.24. The normalized spacial score (nSPS) is 21.7. The van der Waals surface area contributed by atoms with E-state index in [4.69, 9.17) is 11.6 Å². The van der Waals surface area contributed by atoms with Gasteiger partial charge in [-0.3, -0.25) is 0 Å². The summed E-state index contributed by atoms with van der Waals surface area (Å²) in [4.78, 5) is 2.46. The van der Waals surface area contributed by atoms with E-state index in [9.17, 15) is 0 Å². The van der Waals surface area contributed by atoms with E-state index in [1.165, 1.54) is 17.0 Å². The molecule has 0 N–H and O–H groups in total. The van der Waals surface area contributed by atoms with Crippen LogP contribution in [0.15, 0.2) is 24.3 Å². The third kappa shape index (κ3) is 2.82.